The number of ketones is 2. The fourth-order valence-electron chi connectivity index (χ4n) is 2.68. The Kier molecular flexibility index (Phi) is 3.97. The molecule has 0 heterocycles. The second kappa shape index (κ2) is 5.38. The topological polar surface area (TPSA) is 80.7 Å². The van der Waals surface area contributed by atoms with E-state index in [0.717, 1.165) is 12.8 Å². The number of carbonyl (C=O) groups excluding carboxylic acids is 3. The number of aliphatic hydroxyl groups is 1. The Morgan fingerprint density at radius 1 is 1.25 bits per heavy atom. The van der Waals surface area contributed by atoms with Gasteiger partial charge in [-0.3, -0.25) is 14.4 Å². The fourth-order valence-corrected chi connectivity index (χ4v) is 2.68. The van der Waals surface area contributed by atoms with Gasteiger partial charge in [0.05, 0.1) is 17.6 Å². The zero-order valence-corrected chi connectivity index (χ0v) is 11.9. The molecular formula is C15H20O5. The smallest absolute Gasteiger partial charge is 0.312 e. The van der Waals surface area contributed by atoms with Crippen LogP contribution in [0.25, 0.3) is 0 Å². The summed E-state index contributed by atoms with van der Waals surface area (Å²) in [7, 11) is 0. The summed E-state index contributed by atoms with van der Waals surface area (Å²) in [5, 5.41) is 9.96. The highest BCUT2D eigenvalue weighted by Crippen LogP contribution is 2.43. The number of esters is 1. The Bertz CT molecular complexity index is 464. The van der Waals surface area contributed by atoms with E-state index in [1.807, 2.05) is 0 Å². The number of Topliss-reactive ketones (excluding diaryl/α,β-unsaturated/α-hetero) is 2. The summed E-state index contributed by atoms with van der Waals surface area (Å²) >= 11 is 0. The summed E-state index contributed by atoms with van der Waals surface area (Å²) in [5.41, 5.74) is -1.14. The molecule has 110 valence electrons. The molecule has 0 radical (unpaired) electrons. The van der Waals surface area contributed by atoms with E-state index in [9.17, 15) is 19.5 Å². The van der Waals surface area contributed by atoms with E-state index in [1.165, 1.54) is 0 Å². The zero-order valence-electron chi connectivity index (χ0n) is 11.9. The van der Waals surface area contributed by atoms with Gasteiger partial charge >= 0.3 is 5.97 Å². The lowest BCUT2D eigenvalue weighted by atomic mass is 9.69. The molecule has 0 spiro atoms. The van der Waals surface area contributed by atoms with Gasteiger partial charge in [-0.05, 0) is 26.2 Å². The normalized spacial score (nSPS) is 26.6. The van der Waals surface area contributed by atoms with Crippen molar-refractivity contribution in [1.29, 1.82) is 0 Å². The third-order valence-electron chi connectivity index (χ3n) is 4.16. The molecule has 0 aliphatic heterocycles. The fraction of sp³-hybridized carbons (Fsp3) is 0.667. The summed E-state index contributed by atoms with van der Waals surface area (Å²) in [5.74, 6) is -1.47. The van der Waals surface area contributed by atoms with Crippen molar-refractivity contribution < 1.29 is 24.2 Å². The van der Waals surface area contributed by atoms with Crippen LogP contribution in [0, 0.1) is 11.3 Å². The van der Waals surface area contributed by atoms with Crippen LogP contribution in [-0.2, 0) is 19.1 Å². The molecule has 0 unspecified atom stereocenters. The highest BCUT2D eigenvalue weighted by Gasteiger charge is 2.49. The number of rotatable bonds is 4. The molecule has 0 saturated heterocycles. The molecule has 2 fully saturated rings. The van der Waals surface area contributed by atoms with Gasteiger partial charge < -0.3 is 9.84 Å². The third kappa shape index (κ3) is 2.49. The van der Waals surface area contributed by atoms with E-state index < -0.39 is 23.0 Å². The second-order valence-corrected chi connectivity index (χ2v) is 5.59. The van der Waals surface area contributed by atoms with Gasteiger partial charge in [-0.2, -0.15) is 0 Å². The monoisotopic (exact) mass is 280 g/mol. The highest BCUT2D eigenvalue weighted by atomic mass is 16.5. The van der Waals surface area contributed by atoms with Crippen molar-refractivity contribution in [3.05, 3.63) is 11.3 Å². The van der Waals surface area contributed by atoms with Gasteiger partial charge in [-0.1, -0.05) is 6.92 Å². The molecule has 0 aromatic carbocycles. The lowest BCUT2D eigenvalue weighted by molar-refractivity contribution is -0.160. The van der Waals surface area contributed by atoms with E-state index in [0.29, 0.717) is 6.42 Å². The maximum absolute atomic E-state index is 12.2. The Labute approximate surface area is 118 Å². The van der Waals surface area contributed by atoms with E-state index in [1.54, 1.807) is 13.8 Å². The van der Waals surface area contributed by atoms with Crippen LogP contribution < -0.4 is 0 Å². The maximum atomic E-state index is 12.2. The third-order valence-corrected chi connectivity index (χ3v) is 4.16. The molecule has 5 heteroatoms. The first-order chi connectivity index (χ1) is 9.45. The summed E-state index contributed by atoms with van der Waals surface area (Å²) in [6, 6.07) is 0. The molecular weight excluding hydrogens is 260 g/mol. The average Bonchev–Trinajstić information content (AvgIpc) is 3.22. The van der Waals surface area contributed by atoms with Crippen LogP contribution in [0.1, 0.15) is 46.0 Å². The minimum atomic E-state index is -1.06. The number of ether oxygens (including phenoxy) is 1. The van der Waals surface area contributed by atoms with E-state index in [2.05, 4.69) is 0 Å². The summed E-state index contributed by atoms with van der Waals surface area (Å²) < 4.78 is 5.01. The Morgan fingerprint density at radius 3 is 2.20 bits per heavy atom. The molecule has 0 amide bonds. The van der Waals surface area contributed by atoms with Gasteiger partial charge in [-0.25, -0.2) is 0 Å². The van der Waals surface area contributed by atoms with Crippen LogP contribution in [0.4, 0.5) is 0 Å². The number of carbonyl (C=O) groups is 3. The zero-order chi connectivity index (χ0) is 14.9. The SMILES string of the molecule is CCOC(=O)C1(CC)CC(=O)C(=C(O)C2CC2)C(=O)C1. The first kappa shape index (κ1) is 14.8. The lowest BCUT2D eigenvalue weighted by Gasteiger charge is -2.33. The highest BCUT2D eigenvalue weighted by molar-refractivity contribution is 6.24. The molecule has 0 bridgehead atoms. The van der Waals surface area contributed by atoms with E-state index >= 15 is 0 Å². The molecule has 0 aromatic rings. The van der Waals surface area contributed by atoms with Crippen molar-refractivity contribution in [1.82, 2.24) is 0 Å². The van der Waals surface area contributed by atoms with Gasteiger partial charge in [0, 0.05) is 18.8 Å². The number of aliphatic hydroxyl groups excluding tert-OH is 1. The maximum Gasteiger partial charge on any atom is 0.312 e. The van der Waals surface area contributed by atoms with E-state index in [4.69, 9.17) is 4.74 Å². The molecule has 0 atom stereocenters. The van der Waals surface area contributed by atoms with Crippen LogP contribution in [0.5, 0.6) is 0 Å². The van der Waals surface area contributed by atoms with Gasteiger partial charge in [0.15, 0.2) is 11.6 Å². The molecule has 2 aliphatic carbocycles. The van der Waals surface area contributed by atoms with Gasteiger partial charge in [0.25, 0.3) is 0 Å². The van der Waals surface area contributed by atoms with Crippen molar-refractivity contribution in [2.45, 2.75) is 46.0 Å². The molecule has 5 nitrogen and oxygen atoms in total. The largest absolute Gasteiger partial charge is 0.511 e. The van der Waals surface area contributed by atoms with Gasteiger partial charge in [0.2, 0.25) is 0 Å². The molecule has 2 saturated carbocycles. The van der Waals surface area contributed by atoms with Crippen molar-refractivity contribution >= 4 is 17.5 Å². The van der Waals surface area contributed by atoms with Crippen molar-refractivity contribution in [2.75, 3.05) is 6.61 Å². The molecule has 2 rings (SSSR count). The molecule has 20 heavy (non-hydrogen) atoms. The average molecular weight is 280 g/mol. The predicted octanol–water partition coefficient (Wildman–Crippen LogP) is 2.10. The first-order valence-corrected chi connectivity index (χ1v) is 7.12. The van der Waals surface area contributed by atoms with Crippen molar-refractivity contribution in [3.63, 3.8) is 0 Å². The van der Waals surface area contributed by atoms with Gasteiger partial charge in [-0.15, -0.1) is 0 Å². The first-order valence-electron chi connectivity index (χ1n) is 7.12. The van der Waals surface area contributed by atoms with Crippen LogP contribution in [0.2, 0.25) is 0 Å². The quantitative estimate of drug-likeness (QED) is 0.369. The Morgan fingerprint density at radius 2 is 1.80 bits per heavy atom. The second-order valence-electron chi connectivity index (χ2n) is 5.59. The number of hydrogen-bond acceptors (Lipinski definition) is 5. The summed E-state index contributed by atoms with van der Waals surface area (Å²) in [6.45, 7) is 3.68. The van der Waals surface area contributed by atoms with Crippen molar-refractivity contribution in [3.8, 4) is 0 Å². The number of allylic oxidation sites excluding steroid dienone is 2. The van der Waals surface area contributed by atoms with Gasteiger partial charge in [0.1, 0.15) is 5.76 Å². The molecule has 1 N–H and O–H groups in total. The predicted molar refractivity (Wildman–Crippen MR) is 71.0 cm³/mol. The van der Waals surface area contributed by atoms with Crippen LogP contribution in [0.15, 0.2) is 11.3 Å². The lowest BCUT2D eigenvalue weighted by Crippen LogP contribution is -2.42. The van der Waals surface area contributed by atoms with Crippen LogP contribution in [-0.4, -0.2) is 29.2 Å². The van der Waals surface area contributed by atoms with Crippen LogP contribution >= 0.6 is 0 Å². The minimum absolute atomic E-state index is 0.0466. The Hall–Kier alpha value is -1.65. The standard InChI is InChI=1S/C15H20O5/c1-3-15(14(19)20-4-2)7-10(16)12(11(17)8-15)13(18)9-5-6-9/h9,18H,3-8H2,1-2H3. The summed E-state index contributed by atoms with van der Waals surface area (Å²) in [6.07, 6.45) is 1.89. The van der Waals surface area contributed by atoms with E-state index in [-0.39, 0.29) is 36.7 Å². The van der Waals surface area contributed by atoms with Crippen LogP contribution in [0.3, 0.4) is 0 Å². The van der Waals surface area contributed by atoms with Crippen molar-refractivity contribution in [2.24, 2.45) is 11.3 Å². The molecule has 2 aliphatic rings. The molecule has 0 aromatic heterocycles. The Balaban J connectivity index is 2.28. The minimum Gasteiger partial charge on any atom is -0.511 e. The summed E-state index contributed by atoms with van der Waals surface area (Å²) in [4.78, 5) is 36.5. The number of hydrogen-bond donors (Lipinski definition) is 1.